The molecule has 0 aromatic heterocycles. The second-order valence-electron chi connectivity index (χ2n) is 5.64. The van der Waals surface area contributed by atoms with Crippen molar-refractivity contribution in [3.05, 3.63) is 30.3 Å². The molecule has 9 heteroatoms. The van der Waals surface area contributed by atoms with Crippen molar-refractivity contribution in [2.24, 2.45) is 5.73 Å². The molecule has 1 fully saturated rings. The summed E-state index contributed by atoms with van der Waals surface area (Å²) in [7, 11) is 0. The maximum atomic E-state index is 11.8. The standard InChI is InChI=1S/C15H21NO7S/c16-11-9(18)6-15(14(21)22,24-8-4-2-1-3-5-8)23-13(11)12(20)10(19)7-17/h1-5,9-13,17-20H,6-7,16H2,(H,21,22)/t9-,10+,11+,12+,13+,15-/m0/s1. The highest BCUT2D eigenvalue weighted by Crippen LogP contribution is 2.43. The zero-order chi connectivity index (χ0) is 17.9. The van der Waals surface area contributed by atoms with Gasteiger partial charge in [0.2, 0.25) is 4.93 Å². The van der Waals surface area contributed by atoms with Crippen LogP contribution >= 0.6 is 11.8 Å². The van der Waals surface area contributed by atoms with Crippen molar-refractivity contribution >= 4 is 17.7 Å². The van der Waals surface area contributed by atoms with E-state index in [-0.39, 0.29) is 6.42 Å². The SMILES string of the molecule is N[C@H]1[C@H]([C@H](O)[C@H](O)CO)O[C@@](Sc2ccccc2)(C(=O)O)C[C@@H]1O. The Morgan fingerprint density at radius 1 is 1.38 bits per heavy atom. The van der Waals surface area contributed by atoms with Crippen molar-refractivity contribution in [1.82, 2.24) is 0 Å². The number of hydrogen-bond donors (Lipinski definition) is 6. The molecule has 0 saturated carbocycles. The second kappa shape index (κ2) is 7.79. The Morgan fingerprint density at radius 2 is 2.00 bits per heavy atom. The number of aliphatic hydroxyl groups excluding tert-OH is 4. The summed E-state index contributed by atoms with van der Waals surface area (Å²) in [6.45, 7) is -0.754. The molecule has 1 aromatic rings. The van der Waals surface area contributed by atoms with Gasteiger partial charge in [0.05, 0.1) is 18.8 Å². The Kier molecular flexibility index (Phi) is 6.21. The molecule has 0 aliphatic carbocycles. The van der Waals surface area contributed by atoms with Crippen LogP contribution in [0.3, 0.4) is 0 Å². The quantitative estimate of drug-likeness (QED) is 0.366. The van der Waals surface area contributed by atoms with E-state index in [0.29, 0.717) is 4.90 Å². The number of nitrogens with two attached hydrogens (primary N) is 1. The summed E-state index contributed by atoms with van der Waals surface area (Å²) in [5.41, 5.74) is 5.80. The van der Waals surface area contributed by atoms with Crippen LogP contribution in [0.2, 0.25) is 0 Å². The van der Waals surface area contributed by atoms with E-state index in [1.54, 1.807) is 30.3 Å². The molecule has 1 saturated heterocycles. The predicted octanol–water partition coefficient (Wildman–Crippen LogP) is -1.25. The van der Waals surface area contributed by atoms with Crippen molar-refractivity contribution in [3.8, 4) is 0 Å². The molecule has 24 heavy (non-hydrogen) atoms. The molecule has 1 aliphatic rings. The van der Waals surface area contributed by atoms with Crippen molar-refractivity contribution < 1.29 is 35.1 Å². The molecule has 8 nitrogen and oxygen atoms in total. The first kappa shape index (κ1) is 19.1. The van der Waals surface area contributed by atoms with Crippen LogP contribution < -0.4 is 5.73 Å². The van der Waals surface area contributed by atoms with E-state index in [0.717, 1.165) is 11.8 Å². The average Bonchev–Trinajstić information content (AvgIpc) is 2.57. The Hall–Kier alpha value is -1.20. The monoisotopic (exact) mass is 359 g/mol. The van der Waals surface area contributed by atoms with Gasteiger partial charge in [-0.3, -0.25) is 0 Å². The summed E-state index contributed by atoms with van der Waals surface area (Å²) in [5.74, 6) is -1.34. The Bertz CT molecular complexity index is 560. The van der Waals surface area contributed by atoms with E-state index in [4.69, 9.17) is 15.6 Å². The number of carboxylic acid groups (broad SMARTS) is 1. The van der Waals surface area contributed by atoms with Gasteiger partial charge in [0.25, 0.3) is 0 Å². The van der Waals surface area contributed by atoms with Gasteiger partial charge in [0.1, 0.15) is 18.3 Å². The lowest BCUT2D eigenvalue weighted by atomic mass is 9.90. The average molecular weight is 359 g/mol. The van der Waals surface area contributed by atoms with Crippen LogP contribution in [0.15, 0.2) is 35.2 Å². The van der Waals surface area contributed by atoms with Gasteiger partial charge in [-0.2, -0.15) is 0 Å². The lowest BCUT2D eigenvalue weighted by Crippen LogP contribution is -2.64. The number of benzene rings is 1. The first-order chi connectivity index (χ1) is 11.3. The zero-order valence-corrected chi connectivity index (χ0v) is 13.5. The fraction of sp³-hybridized carbons (Fsp3) is 0.533. The van der Waals surface area contributed by atoms with Crippen LogP contribution in [-0.2, 0) is 9.53 Å². The van der Waals surface area contributed by atoms with E-state index in [9.17, 15) is 25.2 Å². The van der Waals surface area contributed by atoms with Gasteiger partial charge in [0.15, 0.2) is 0 Å². The lowest BCUT2D eigenvalue weighted by molar-refractivity contribution is -0.201. The third kappa shape index (κ3) is 3.89. The number of ether oxygens (including phenoxy) is 1. The third-order valence-electron chi connectivity index (χ3n) is 3.90. The van der Waals surface area contributed by atoms with Crippen LogP contribution in [0.25, 0.3) is 0 Å². The Morgan fingerprint density at radius 3 is 2.54 bits per heavy atom. The predicted molar refractivity (Wildman–Crippen MR) is 85.2 cm³/mol. The highest BCUT2D eigenvalue weighted by atomic mass is 32.2. The molecule has 0 amide bonds. The molecular weight excluding hydrogens is 338 g/mol. The third-order valence-corrected chi connectivity index (χ3v) is 5.17. The number of thioether (sulfide) groups is 1. The maximum Gasteiger partial charge on any atom is 0.347 e. The second-order valence-corrected chi connectivity index (χ2v) is 6.98. The number of hydrogen-bond acceptors (Lipinski definition) is 8. The van der Waals surface area contributed by atoms with Gasteiger partial charge in [0, 0.05) is 11.3 Å². The van der Waals surface area contributed by atoms with Gasteiger partial charge in [-0.05, 0) is 12.1 Å². The van der Waals surface area contributed by atoms with Crippen LogP contribution in [0.5, 0.6) is 0 Å². The molecule has 0 spiro atoms. The van der Waals surface area contributed by atoms with Crippen molar-refractivity contribution in [3.63, 3.8) is 0 Å². The first-order valence-corrected chi connectivity index (χ1v) is 8.18. The summed E-state index contributed by atoms with van der Waals surface area (Å²) in [6.07, 6.45) is -6.13. The van der Waals surface area contributed by atoms with E-state index in [2.05, 4.69) is 0 Å². The molecule has 0 unspecified atom stereocenters. The number of rotatable bonds is 6. The molecule has 0 bridgehead atoms. The van der Waals surface area contributed by atoms with Crippen LogP contribution in [0, 0.1) is 0 Å². The minimum Gasteiger partial charge on any atom is -0.478 e. The first-order valence-electron chi connectivity index (χ1n) is 7.36. The Labute approximate surface area is 142 Å². The van der Waals surface area contributed by atoms with Gasteiger partial charge in [-0.15, -0.1) is 0 Å². The summed E-state index contributed by atoms with van der Waals surface area (Å²) in [5, 5.41) is 48.5. The largest absolute Gasteiger partial charge is 0.478 e. The van der Waals surface area contributed by atoms with Crippen LogP contribution in [0.1, 0.15) is 6.42 Å². The minimum absolute atomic E-state index is 0.290. The van der Waals surface area contributed by atoms with Gasteiger partial charge >= 0.3 is 5.97 Å². The molecule has 1 heterocycles. The molecule has 7 N–H and O–H groups in total. The number of carbonyl (C=O) groups is 1. The molecular formula is C15H21NO7S. The number of carboxylic acids is 1. The normalized spacial score (nSPS) is 33.0. The number of aliphatic hydroxyl groups is 4. The molecule has 2 rings (SSSR count). The van der Waals surface area contributed by atoms with E-state index >= 15 is 0 Å². The number of aliphatic carboxylic acids is 1. The van der Waals surface area contributed by atoms with Gasteiger partial charge in [-0.25, -0.2) is 4.79 Å². The fourth-order valence-electron chi connectivity index (χ4n) is 2.53. The van der Waals surface area contributed by atoms with Crippen LogP contribution in [-0.4, -0.2) is 73.5 Å². The molecule has 1 aromatic carbocycles. The highest BCUT2D eigenvalue weighted by Gasteiger charge is 2.54. The summed E-state index contributed by atoms with van der Waals surface area (Å²) >= 11 is 0.874. The van der Waals surface area contributed by atoms with E-state index < -0.39 is 48.0 Å². The van der Waals surface area contributed by atoms with E-state index in [1.165, 1.54) is 0 Å². The summed E-state index contributed by atoms with van der Waals surface area (Å²) in [6, 6.07) is 7.50. The Balaban J connectivity index is 2.32. The minimum atomic E-state index is -1.88. The highest BCUT2D eigenvalue weighted by molar-refractivity contribution is 8.01. The lowest BCUT2D eigenvalue weighted by Gasteiger charge is -2.45. The van der Waals surface area contributed by atoms with E-state index in [1.807, 2.05) is 0 Å². The molecule has 1 aliphatic heterocycles. The molecule has 134 valence electrons. The van der Waals surface area contributed by atoms with Gasteiger partial charge in [-0.1, -0.05) is 30.0 Å². The molecule has 0 radical (unpaired) electrons. The maximum absolute atomic E-state index is 11.8. The summed E-state index contributed by atoms with van der Waals surface area (Å²) in [4.78, 5) is 10.6. The van der Waals surface area contributed by atoms with Crippen molar-refractivity contribution in [1.29, 1.82) is 0 Å². The molecule has 6 atom stereocenters. The zero-order valence-electron chi connectivity index (χ0n) is 12.7. The summed E-state index contributed by atoms with van der Waals surface area (Å²) < 4.78 is 5.56. The van der Waals surface area contributed by atoms with Gasteiger partial charge < -0.3 is 36.0 Å². The van der Waals surface area contributed by atoms with Crippen LogP contribution in [0.4, 0.5) is 0 Å². The topological polar surface area (TPSA) is 153 Å². The van der Waals surface area contributed by atoms with Crippen molar-refractivity contribution in [2.75, 3.05) is 6.61 Å². The van der Waals surface area contributed by atoms with Crippen molar-refractivity contribution in [2.45, 2.75) is 46.7 Å². The fourth-order valence-corrected chi connectivity index (χ4v) is 3.70. The smallest absolute Gasteiger partial charge is 0.347 e.